The van der Waals surface area contributed by atoms with E-state index in [1.165, 1.54) is 12.1 Å². The first-order chi connectivity index (χ1) is 9.38. The smallest absolute Gasteiger partial charge is 0.293 e. The van der Waals surface area contributed by atoms with Crippen molar-refractivity contribution in [1.82, 2.24) is 0 Å². The Morgan fingerprint density at radius 1 is 1.25 bits per heavy atom. The largest absolute Gasteiger partial charge is 0.346 e. The van der Waals surface area contributed by atoms with E-state index < -0.39 is 16.6 Å². The molecule has 0 amide bonds. The predicted molar refractivity (Wildman–Crippen MR) is 75.4 cm³/mol. The molecule has 8 heteroatoms. The third-order valence-electron chi connectivity index (χ3n) is 2.42. The molecular weight excluding hydrogens is 357 g/mol. The molecule has 20 heavy (non-hydrogen) atoms. The number of rotatable bonds is 3. The fourth-order valence-corrected chi connectivity index (χ4v) is 2.15. The van der Waals surface area contributed by atoms with Crippen LogP contribution in [0.25, 0.3) is 0 Å². The number of nitro benzene ring substituents is 1. The van der Waals surface area contributed by atoms with Crippen molar-refractivity contribution in [1.29, 1.82) is 0 Å². The number of hydrogen-bond acceptors (Lipinski definition) is 3. The van der Waals surface area contributed by atoms with Crippen LogP contribution in [0.1, 0.15) is 0 Å². The van der Waals surface area contributed by atoms with Crippen LogP contribution in [0.3, 0.4) is 0 Å². The van der Waals surface area contributed by atoms with Gasteiger partial charge in [0, 0.05) is 16.6 Å². The summed E-state index contributed by atoms with van der Waals surface area (Å²) in [6.45, 7) is 0. The number of hydrogen-bond donors (Lipinski definition) is 1. The molecule has 0 saturated heterocycles. The first-order valence-corrected chi connectivity index (χ1v) is 6.41. The molecule has 0 fully saturated rings. The maximum atomic E-state index is 13.6. The highest BCUT2D eigenvalue weighted by atomic mass is 79.9. The van der Waals surface area contributed by atoms with Crippen molar-refractivity contribution in [2.24, 2.45) is 0 Å². The minimum Gasteiger partial charge on any atom is -0.346 e. The Bertz CT molecular complexity index is 674. The molecule has 0 aliphatic carbocycles. The Kier molecular flexibility index (Phi) is 4.20. The maximum absolute atomic E-state index is 13.6. The summed E-state index contributed by atoms with van der Waals surface area (Å²) in [5.74, 6) is -1.77. The third-order valence-corrected chi connectivity index (χ3v) is 3.21. The maximum Gasteiger partial charge on any atom is 0.293 e. The molecule has 0 aliphatic rings. The molecule has 0 atom stereocenters. The molecule has 0 aromatic heterocycles. The van der Waals surface area contributed by atoms with Crippen LogP contribution in [0.5, 0.6) is 0 Å². The van der Waals surface area contributed by atoms with E-state index in [9.17, 15) is 18.9 Å². The van der Waals surface area contributed by atoms with Crippen molar-refractivity contribution >= 4 is 44.6 Å². The van der Waals surface area contributed by atoms with Gasteiger partial charge in [0.1, 0.15) is 11.5 Å². The molecule has 0 unspecified atom stereocenters. The fourth-order valence-electron chi connectivity index (χ4n) is 1.56. The minimum atomic E-state index is -0.938. The van der Waals surface area contributed by atoms with Crippen molar-refractivity contribution in [3.05, 3.63) is 61.6 Å². The molecule has 1 N–H and O–H groups in total. The van der Waals surface area contributed by atoms with Crippen LogP contribution in [0.2, 0.25) is 5.02 Å². The van der Waals surface area contributed by atoms with Crippen LogP contribution in [-0.4, -0.2) is 4.92 Å². The summed E-state index contributed by atoms with van der Waals surface area (Å²) in [5, 5.41) is 13.2. The summed E-state index contributed by atoms with van der Waals surface area (Å²) in [6.07, 6.45) is 0. The molecule has 104 valence electrons. The Morgan fingerprint density at radius 2 is 1.95 bits per heavy atom. The van der Waals surface area contributed by atoms with E-state index in [0.717, 1.165) is 6.07 Å². The average molecular weight is 364 g/mol. The lowest BCUT2D eigenvalue weighted by molar-refractivity contribution is -0.384. The summed E-state index contributed by atoms with van der Waals surface area (Å²) >= 11 is 8.83. The van der Waals surface area contributed by atoms with E-state index in [0.29, 0.717) is 10.5 Å². The number of nitro groups is 1. The lowest BCUT2D eigenvalue weighted by Crippen LogP contribution is -2.00. The molecule has 4 nitrogen and oxygen atoms in total. The van der Waals surface area contributed by atoms with E-state index in [1.54, 1.807) is 6.07 Å². The van der Waals surface area contributed by atoms with Gasteiger partial charge in [0.15, 0.2) is 5.82 Å². The zero-order valence-electron chi connectivity index (χ0n) is 9.66. The van der Waals surface area contributed by atoms with Crippen LogP contribution >= 0.6 is 27.5 Å². The molecule has 0 aliphatic heterocycles. The van der Waals surface area contributed by atoms with Gasteiger partial charge in [-0.3, -0.25) is 10.1 Å². The van der Waals surface area contributed by atoms with E-state index in [4.69, 9.17) is 11.6 Å². The van der Waals surface area contributed by atoms with Crippen LogP contribution in [0.4, 0.5) is 25.8 Å². The zero-order chi connectivity index (χ0) is 14.9. The SMILES string of the molecule is O=[N+]([O-])c1cc(Br)ccc1Nc1c(F)cc(F)cc1Cl. The third kappa shape index (κ3) is 3.05. The first kappa shape index (κ1) is 14.7. The molecule has 0 bridgehead atoms. The molecular formula is C12H6BrClF2N2O2. The van der Waals surface area contributed by atoms with Gasteiger partial charge in [0.25, 0.3) is 5.69 Å². The van der Waals surface area contributed by atoms with Crippen molar-refractivity contribution in [3.63, 3.8) is 0 Å². The quantitative estimate of drug-likeness (QED) is 0.614. The number of anilines is 2. The van der Waals surface area contributed by atoms with Crippen molar-refractivity contribution < 1.29 is 13.7 Å². The summed E-state index contributed by atoms with van der Waals surface area (Å²) < 4.78 is 27.1. The number of halogens is 4. The normalized spacial score (nSPS) is 10.4. The molecule has 0 saturated carbocycles. The van der Waals surface area contributed by atoms with Gasteiger partial charge in [-0.1, -0.05) is 27.5 Å². The lowest BCUT2D eigenvalue weighted by Gasteiger charge is -2.10. The first-order valence-electron chi connectivity index (χ1n) is 5.24. The summed E-state index contributed by atoms with van der Waals surface area (Å²) in [5.41, 5.74) is -0.441. The average Bonchev–Trinajstić information content (AvgIpc) is 2.34. The van der Waals surface area contributed by atoms with Gasteiger partial charge < -0.3 is 5.32 Å². The van der Waals surface area contributed by atoms with Gasteiger partial charge in [-0.15, -0.1) is 0 Å². The Labute approximate surface area is 125 Å². The fraction of sp³-hybridized carbons (Fsp3) is 0. The Morgan fingerprint density at radius 3 is 2.55 bits per heavy atom. The van der Waals surface area contributed by atoms with Crippen LogP contribution in [0, 0.1) is 21.7 Å². The predicted octanol–water partition coefficient (Wildman–Crippen LogP) is 5.03. The Hall–Kier alpha value is -1.73. The number of nitrogens with zero attached hydrogens (tertiary/aromatic N) is 1. The van der Waals surface area contributed by atoms with E-state index in [1.807, 2.05) is 0 Å². The number of benzene rings is 2. The van der Waals surface area contributed by atoms with Gasteiger partial charge >= 0.3 is 0 Å². The molecule has 0 spiro atoms. The monoisotopic (exact) mass is 362 g/mol. The highest BCUT2D eigenvalue weighted by Gasteiger charge is 2.17. The van der Waals surface area contributed by atoms with Crippen LogP contribution in [-0.2, 0) is 0 Å². The highest BCUT2D eigenvalue weighted by molar-refractivity contribution is 9.10. The van der Waals surface area contributed by atoms with Gasteiger partial charge in [-0.25, -0.2) is 8.78 Å². The van der Waals surface area contributed by atoms with Gasteiger partial charge in [-0.2, -0.15) is 0 Å². The van der Waals surface area contributed by atoms with Crippen LogP contribution in [0.15, 0.2) is 34.8 Å². The molecule has 2 rings (SSSR count). The minimum absolute atomic E-state index is 0.0469. The van der Waals surface area contributed by atoms with E-state index in [2.05, 4.69) is 21.2 Å². The second kappa shape index (κ2) is 5.72. The second-order valence-electron chi connectivity index (χ2n) is 3.79. The number of nitrogens with one attached hydrogen (secondary N) is 1. The molecule has 2 aromatic rings. The topological polar surface area (TPSA) is 55.2 Å². The second-order valence-corrected chi connectivity index (χ2v) is 5.11. The lowest BCUT2D eigenvalue weighted by atomic mass is 10.2. The molecule has 2 aromatic carbocycles. The van der Waals surface area contributed by atoms with E-state index >= 15 is 0 Å². The van der Waals surface area contributed by atoms with Gasteiger partial charge in [0.2, 0.25) is 0 Å². The zero-order valence-corrected chi connectivity index (χ0v) is 12.0. The Balaban J connectivity index is 2.48. The standard InChI is InChI=1S/C12H6BrClF2N2O2/c13-6-1-2-10(11(3-6)18(19)20)17-12-8(14)4-7(15)5-9(12)16/h1-5,17H. The van der Waals surface area contributed by atoms with Gasteiger partial charge in [0.05, 0.1) is 15.6 Å². The van der Waals surface area contributed by atoms with Crippen molar-refractivity contribution in [3.8, 4) is 0 Å². The van der Waals surface area contributed by atoms with Gasteiger partial charge in [-0.05, 0) is 18.2 Å². The van der Waals surface area contributed by atoms with E-state index in [-0.39, 0.29) is 22.1 Å². The molecule has 0 heterocycles. The summed E-state index contributed by atoms with van der Waals surface area (Å²) in [6, 6.07) is 5.75. The summed E-state index contributed by atoms with van der Waals surface area (Å²) in [4.78, 5) is 10.3. The molecule has 0 radical (unpaired) electrons. The van der Waals surface area contributed by atoms with Crippen LogP contribution < -0.4 is 5.32 Å². The van der Waals surface area contributed by atoms with Crippen molar-refractivity contribution in [2.75, 3.05) is 5.32 Å². The van der Waals surface area contributed by atoms with Crippen molar-refractivity contribution in [2.45, 2.75) is 0 Å². The summed E-state index contributed by atoms with van der Waals surface area (Å²) in [7, 11) is 0. The highest BCUT2D eigenvalue weighted by Crippen LogP contribution is 2.34.